The lowest BCUT2D eigenvalue weighted by Crippen LogP contribution is -2.32. The van der Waals surface area contributed by atoms with Crippen molar-refractivity contribution >= 4 is 15.9 Å². The summed E-state index contributed by atoms with van der Waals surface area (Å²) in [6, 6.07) is 20.9. The number of hydrogen-bond donors (Lipinski definition) is 0. The normalized spacial score (nSPS) is 15.8. The van der Waals surface area contributed by atoms with Crippen LogP contribution in [0.1, 0.15) is 23.4 Å². The number of nitrogens with zero attached hydrogens (tertiary/aromatic N) is 3. The Morgan fingerprint density at radius 2 is 1.47 bits per heavy atom. The summed E-state index contributed by atoms with van der Waals surface area (Å²) in [6.07, 6.45) is 0.817. The summed E-state index contributed by atoms with van der Waals surface area (Å²) in [4.78, 5) is 6.80. The Morgan fingerprint density at radius 1 is 0.875 bits per heavy atom. The summed E-state index contributed by atoms with van der Waals surface area (Å²) in [6.45, 7) is 1.98. The molecule has 0 amide bonds. The molecule has 1 aliphatic heterocycles. The Kier molecular flexibility index (Phi) is 5.61. The summed E-state index contributed by atoms with van der Waals surface area (Å²) >= 11 is 3.43. The Hall–Kier alpha value is -2.90. The van der Waals surface area contributed by atoms with Crippen molar-refractivity contribution in [3.05, 3.63) is 106 Å². The van der Waals surface area contributed by atoms with Crippen molar-refractivity contribution in [3.8, 4) is 11.4 Å². The molecule has 4 nitrogen and oxygen atoms in total. The highest BCUT2D eigenvalue weighted by Crippen LogP contribution is 2.41. The molecular formula is C25H20BrF2N3O. The predicted octanol–water partition coefficient (Wildman–Crippen LogP) is 5.97. The van der Waals surface area contributed by atoms with Gasteiger partial charge in [0.2, 0.25) is 11.7 Å². The van der Waals surface area contributed by atoms with Crippen LogP contribution < -0.4 is 0 Å². The number of likely N-dealkylation sites (tertiary alicyclic amines) is 1. The maximum atomic E-state index is 13.6. The fourth-order valence-corrected chi connectivity index (χ4v) is 4.69. The van der Waals surface area contributed by atoms with Crippen molar-refractivity contribution in [3.63, 3.8) is 0 Å². The van der Waals surface area contributed by atoms with E-state index in [0.717, 1.165) is 34.1 Å². The van der Waals surface area contributed by atoms with Gasteiger partial charge in [0.1, 0.15) is 11.6 Å². The van der Waals surface area contributed by atoms with Crippen LogP contribution in [0.4, 0.5) is 8.78 Å². The number of halogens is 3. The maximum absolute atomic E-state index is 13.6. The molecule has 4 aromatic rings. The van der Waals surface area contributed by atoms with Gasteiger partial charge in [-0.1, -0.05) is 45.4 Å². The monoisotopic (exact) mass is 495 g/mol. The number of aromatic nitrogens is 2. The second-order valence-corrected chi connectivity index (χ2v) is 8.99. The highest BCUT2D eigenvalue weighted by molar-refractivity contribution is 9.10. The second-order valence-electron chi connectivity index (χ2n) is 8.08. The van der Waals surface area contributed by atoms with Crippen molar-refractivity contribution in [2.45, 2.75) is 18.4 Å². The van der Waals surface area contributed by atoms with Gasteiger partial charge in [-0.2, -0.15) is 4.98 Å². The fraction of sp³-hybridized carbons (Fsp3) is 0.200. The maximum Gasteiger partial charge on any atom is 0.241 e. The molecule has 1 aliphatic rings. The standard InChI is InChI=1S/C25H20BrF2N3O/c26-20-7-1-17(2-8-20)24-29-23(32-30-24)15-31-14-13-25(16-31,18-3-9-21(27)10-4-18)19-5-11-22(28)12-6-19/h1-12H,13-16H2. The molecule has 0 bridgehead atoms. The van der Waals surface area contributed by atoms with Crippen LogP contribution in [0.15, 0.2) is 81.8 Å². The van der Waals surface area contributed by atoms with E-state index in [9.17, 15) is 8.78 Å². The van der Waals surface area contributed by atoms with E-state index >= 15 is 0 Å². The first kappa shape index (κ1) is 21.0. The van der Waals surface area contributed by atoms with Crippen LogP contribution in [0, 0.1) is 11.6 Å². The quantitative estimate of drug-likeness (QED) is 0.342. The van der Waals surface area contributed by atoms with Crippen molar-refractivity contribution in [2.75, 3.05) is 13.1 Å². The number of rotatable bonds is 5. The third kappa shape index (κ3) is 4.10. The van der Waals surface area contributed by atoms with E-state index in [-0.39, 0.29) is 17.0 Å². The van der Waals surface area contributed by atoms with Gasteiger partial charge in [0.25, 0.3) is 0 Å². The van der Waals surface area contributed by atoms with Crippen molar-refractivity contribution in [1.29, 1.82) is 0 Å². The molecule has 3 aromatic carbocycles. The summed E-state index contributed by atoms with van der Waals surface area (Å²) in [5, 5.41) is 4.12. The molecular weight excluding hydrogens is 476 g/mol. The molecule has 162 valence electrons. The molecule has 0 N–H and O–H groups in total. The van der Waals surface area contributed by atoms with Crippen LogP contribution >= 0.6 is 15.9 Å². The van der Waals surface area contributed by atoms with Crippen LogP contribution in [0.25, 0.3) is 11.4 Å². The highest BCUT2D eigenvalue weighted by Gasteiger charge is 2.41. The molecule has 32 heavy (non-hydrogen) atoms. The zero-order chi connectivity index (χ0) is 22.1. The zero-order valence-corrected chi connectivity index (χ0v) is 18.7. The Morgan fingerprint density at radius 3 is 2.06 bits per heavy atom. The largest absolute Gasteiger partial charge is 0.338 e. The second kappa shape index (κ2) is 8.56. The van der Waals surface area contributed by atoms with Gasteiger partial charge in [0.05, 0.1) is 6.54 Å². The molecule has 0 radical (unpaired) electrons. The lowest BCUT2D eigenvalue weighted by Gasteiger charge is -2.31. The van der Waals surface area contributed by atoms with Gasteiger partial charge in [-0.15, -0.1) is 0 Å². The third-order valence-electron chi connectivity index (χ3n) is 6.07. The van der Waals surface area contributed by atoms with Gasteiger partial charge in [0.15, 0.2) is 0 Å². The van der Waals surface area contributed by atoms with Crippen molar-refractivity contribution in [1.82, 2.24) is 15.0 Å². The lowest BCUT2D eigenvalue weighted by molar-refractivity contribution is 0.259. The Balaban J connectivity index is 1.40. The van der Waals surface area contributed by atoms with Crippen molar-refractivity contribution < 1.29 is 13.3 Å². The predicted molar refractivity (Wildman–Crippen MR) is 121 cm³/mol. The summed E-state index contributed by atoms with van der Waals surface area (Å²) in [5.74, 6) is 0.542. The molecule has 7 heteroatoms. The van der Waals surface area contributed by atoms with Crippen LogP contribution in [-0.2, 0) is 12.0 Å². The molecule has 0 spiro atoms. The molecule has 1 saturated heterocycles. The van der Waals surface area contributed by atoms with E-state index < -0.39 is 0 Å². The minimum atomic E-state index is -0.365. The summed E-state index contributed by atoms with van der Waals surface area (Å²) in [7, 11) is 0. The van der Waals surface area contributed by atoms with Gasteiger partial charge in [-0.05, 0) is 72.6 Å². The van der Waals surface area contributed by atoms with Gasteiger partial charge in [0, 0.05) is 22.0 Å². The van der Waals surface area contributed by atoms with Crippen LogP contribution in [0.2, 0.25) is 0 Å². The molecule has 2 heterocycles. The minimum Gasteiger partial charge on any atom is -0.338 e. The zero-order valence-electron chi connectivity index (χ0n) is 17.1. The molecule has 5 rings (SSSR count). The van der Waals surface area contributed by atoms with Gasteiger partial charge < -0.3 is 4.52 Å². The van der Waals surface area contributed by atoms with Crippen LogP contribution in [-0.4, -0.2) is 28.1 Å². The Labute approximate surface area is 193 Å². The minimum absolute atomic E-state index is 0.274. The van der Waals surface area contributed by atoms with Gasteiger partial charge >= 0.3 is 0 Å². The molecule has 0 saturated carbocycles. The first-order chi connectivity index (χ1) is 15.5. The van der Waals surface area contributed by atoms with E-state index in [1.807, 2.05) is 48.5 Å². The molecule has 0 unspecified atom stereocenters. The van der Waals surface area contributed by atoms with Crippen molar-refractivity contribution in [2.24, 2.45) is 0 Å². The van der Waals surface area contributed by atoms with E-state index in [4.69, 9.17) is 4.52 Å². The van der Waals surface area contributed by atoms with Crippen LogP contribution in [0.3, 0.4) is 0 Å². The Bertz CT molecular complexity index is 1160. The highest BCUT2D eigenvalue weighted by atomic mass is 79.9. The average molecular weight is 496 g/mol. The van der Waals surface area contributed by atoms with Gasteiger partial charge in [-0.3, -0.25) is 4.90 Å². The first-order valence-electron chi connectivity index (χ1n) is 10.3. The van der Waals surface area contributed by atoms with E-state index in [1.165, 1.54) is 24.3 Å². The number of hydrogen-bond acceptors (Lipinski definition) is 4. The molecule has 0 aliphatic carbocycles. The SMILES string of the molecule is Fc1ccc(C2(c3ccc(F)cc3)CCN(Cc3nc(-c4ccc(Br)cc4)no3)C2)cc1. The summed E-state index contributed by atoms with van der Waals surface area (Å²) in [5.41, 5.74) is 2.54. The first-order valence-corrected chi connectivity index (χ1v) is 11.1. The molecule has 0 atom stereocenters. The lowest BCUT2D eigenvalue weighted by atomic mass is 9.74. The molecule has 1 fully saturated rings. The van der Waals surface area contributed by atoms with E-state index in [1.54, 1.807) is 0 Å². The van der Waals surface area contributed by atoms with E-state index in [2.05, 4.69) is 31.0 Å². The van der Waals surface area contributed by atoms with E-state index in [0.29, 0.717) is 24.8 Å². The average Bonchev–Trinajstić information content (AvgIpc) is 3.44. The van der Waals surface area contributed by atoms with Crippen LogP contribution in [0.5, 0.6) is 0 Å². The topological polar surface area (TPSA) is 42.2 Å². The van der Waals surface area contributed by atoms with Gasteiger partial charge in [-0.25, -0.2) is 8.78 Å². The smallest absolute Gasteiger partial charge is 0.241 e. The summed E-state index contributed by atoms with van der Waals surface area (Å²) < 4.78 is 33.7. The third-order valence-corrected chi connectivity index (χ3v) is 6.60. The fourth-order valence-electron chi connectivity index (χ4n) is 4.43. The molecule has 1 aromatic heterocycles. The number of benzene rings is 3.